The van der Waals surface area contributed by atoms with Crippen molar-refractivity contribution in [2.45, 2.75) is 88.5 Å². The van der Waals surface area contributed by atoms with Crippen molar-refractivity contribution in [3.8, 4) is 0 Å². The first-order valence-electron chi connectivity index (χ1n) is 16.0. The van der Waals surface area contributed by atoms with Crippen LogP contribution in [0.5, 0.6) is 0 Å². The molecule has 4 heteroatoms. The smallest absolute Gasteiger partial charge is 0.0936 e. The average Bonchev–Trinajstić information content (AvgIpc) is 3.06. The van der Waals surface area contributed by atoms with E-state index in [9.17, 15) is 0 Å². The number of rotatable bonds is 4. The van der Waals surface area contributed by atoms with E-state index in [1.54, 1.807) is 0 Å². The highest BCUT2D eigenvalue weighted by Gasteiger charge is 2.06. The molecule has 0 bridgehead atoms. The predicted molar refractivity (Wildman–Crippen MR) is 193 cm³/mol. The van der Waals surface area contributed by atoms with Crippen molar-refractivity contribution in [1.82, 2.24) is 0 Å². The highest BCUT2D eigenvalue weighted by atomic mass is 15.1. The zero-order valence-electron chi connectivity index (χ0n) is 28.3. The molecule has 4 nitrogen and oxygen atoms in total. The lowest BCUT2D eigenvalue weighted by atomic mass is 10.1. The molecule has 0 fully saturated rings. The first kappa shape index (κ1) is 38.8. The Bertz CT molecular complexity index is 1430. The molecule has 0 aromatic heterocycles. The Morgan fingerprint density at radius 2 is 0.698 bits per heavy atom. The monoisotopic (exact) mass is 578 g/mol. The maximum Gasteiger partial charge on any atom is 0.0936 e. The van der Waals surface area contributed by atoms with E-state index in [1.807, 2.05) is 119 Å². The van der Waals surface area contributed by atoms with Gasteiger partial charge in [-0.1, -0.05) is 167 Å². The van der Waals surface area contributed by atoms with Crippen LogP contribution in [0.3, 0.4) is 0 Å². The summed E-state index contributed by atoms with van der Waals surface area (Å²) in [4.78, 5) is 0. The number of fused-ring (bicyclic) bond motifs is 2. The largest absolute Gasteiger partial charge is 0.151 e. The summed E-state index contributed by atoms with van der Waals surface area (Å²) in [5.41, 5.74) is 3.28. The summed E-state index contributed by atoms with van der Waals surface area (Å²) in [6.45, 7) is 20.8. The van der Waals surface area contributed by atoms with E-state index in [-0.39, 0.29) is 0 Å². The molecule has 0 amide bonds. The number of hydrogen-bond acceptors (Lipinski definition) is 4. The van der Waals surface area contributed by atoms with E-state index in [2.05, 4.69) is 80.2 Å². The Hall–Kier alpha value is -4.18. The molecule has 0 radical (unpaired) electrons. The van der Waals surface area contributed by atoms with Crippen LogP contribution in [0, 0.1) is 0 Å². The Morgan fingerprint density at radius 1 is 0.349 bits per heavy atom. The summed E-state index contributed by atoms with van der Waals surface area (Å²) in [5, 5.41) is 22.1. The molecule has 0 spiro atoms. The zero-order valence-corrected chi connectivity index (χ0v) is 28.3. The predicted octanol–water partition coefficient (Wildman–Crippen LogP) is 15.1. The second kappa shape index (κ2) is 25.5. The van der Waals surface area contributed by atoms with Crippen LogP contribution in [0.1, 0.15) is 88.5 Å². The first-order chi connectivity index (χ1) is 21.1. The molecule has 0 heterocycles. The van der Waals surface area contributed by atoms with Crippen molar-refractivity contribution in [3.05, 3.63) is 109 Å². The van der Waals surface area contributed by atoms with Crippen molar-refractivity contribution < 1.29 is 0 Å². The SMILES string of the molecule is CC.CC.CCC.CCC.CCC.c1ccc(N=Nc2ccc(N=Nc3cccc4ccccc34)c3ccccc23)cc1. The van der Waals surface area contributed by atoms with Gasteiger partial charge in [-0.15, -0.1) is 15.3 Å². The fraction of sp³-hybridized carbons (Fsp3) is 0.333. The Kier molecular flexibility index (Phi) is 23.0. The van der Waals surface area contributed by atoms with Gasteiger partial charge in [-0.3, -0.25) is 0 Å². The lowest BCUT2D eigenvalue weighted by Crippen LogP contribution is -1.76. The summed E-state index contributed by atoms with van der Waals surface area (Å²) in [5.74, 6) is 0. The Labute approximate surface area is 262 Å². The summed E-state index contributed by atoms with van der Waals surface area (Å²) in [7, 11) is 0. The van der Waals surface area contributed by atoms with Crippen LogP contribution < -0.4 is 0 Å². The molecule has 5 aromatic carbocycles. The van der Waals surface area contributed by atoms with Crippen LogP contribution in [0.15, 0.2) is 130 Å². The molecule has 0 unspecified atom stereocenters. The quantitative estimate of drug-likeness (QED) is 0.190. The van der Waals surface area contributed by atoms with Crippen LogP contribution >= 0.6 is 0 Å². The van der Waals surface area contributed by atoms with Crippen LogP contribution in [-0.2, 0) is 0 Å². The van der Waals surface area contributed by atoms with Gasteiger partial charge in [-0.2, -0.15) is 5.11 Å². The van der Waals surface area contributed by atoms with E-state index >= 15 is 0 Å². The van der Waals surface area contributed by atoms with Gasteiger partial charge in [0.25, 0.3) is 0 Å². The zero-order chi connectivity index (χ0) is 32.3. The molecule has 0 saturated heterocycles. The van der Waals surface area contributed by atoms with Crippen molar-refractivity contribution in [2.24, 2.45) is 20.5 Å². The molecule has 0 aliphatic heterocycles. The maximum absolute atomic E-state index is 4.57. The van der Waals surface area contributed by atoms with Gasteiger partial charge in [-0.05, 0) is 35.7 Å². The number of nitrogens with zero attached hydrogens (tertiary/aromatic N) is 4. The van der Waals surface area contributed by atoms with Crippen LogP contribution in [0.4, 0.5) is 22.7 Å². The Morgan fingerprint density at radius 3 is 1.19 bits per heavy atom. The van der Waals surface area contributed by atoms with Gasteiger partial charge in [0.1, 0.15) is 0 Å². The standard InChI is InChI=1S/C26H18N4.3C3H8.2C2H6/c1-2-11-20(12-3-1)27-28-25-17-18-26(23-15-7-6-14-22(23)25)30-29-24-16-8-10-19-9-4-5-13-21(19)24;3*1-3-2;2*1-2/h1-18H;3*3H2,1-2H3;2*1-2H3. The lowest BCUT2D eigenvalue weighted by molar-refractivity contribution is 1.09. The molecule has 0 aliphatic rings. The minimum absolute atomic E-state index is 0.803. The van der Waals surface area contributed by atoms with Gasteiger partial charge in [0.2, 0.25) is 0 Å². The summed E-state index contributed by atoms with van der Waals surface area (Å²) in [6.07, 6.45) is 3.75. The van der Waals surface area contributed by atoms with Crippen LogP contribution in [0.2, 0.25) is 0 Å². The highest BCUT2D eigenvalue weighted by Crippen LogP contribution is 2.36. The maximum atomic E-state index is 4.57. The van der Waals surface area contributed by atoms with E-state index < -0.39 is 0 Å². The topological polar surface area (TPSA) is 49.4 Å². The lowest BCUT2D eigenvalue weighted by Gasteiger charge is -2.05. The summed E-state index contributed by atoms with van der Waals surface area (Å²) in [6, 6.07) is 35.9. The van der Waals surface area contributed by atoms with Crippen molar-refractivity contribution in [1.29, 1.82) is 0 Å². The third-order valence-corrected chi connectivity index (χ3v) is 4.94. The van der Waals surface area contributed by atoms with Crippen molar-refractivity contribution in [3.63, 3.8) is 0 Å². The molecule has 230 valence electrons. The second-order valence-electron chi connectivity index (χ2n) is 9.00. The van der Waals surface area contributed by atoms with Crippen LogP contribution in [-0.4, -0.2) is 0 Å². The molecule has 0 aliphatic carbocycles. The van der Waals surface area contributed by atoms with E-state index in [4.69, 9.17) is 0 Å². The molecule has 0 N–H and O–H groups in total. The number of azo groups is 2. The van der Waals surface area contributed by atoms with E-state index in [1.165, 1.54) is 19.3 Å². The molecular weight excluding hydrogens is 524 g/mol. The van der Waals surface area contributed by atoms with Gasteiger partial charge < -0.3 is 0 Å². The minimum Gasteiger partial charge on any atom is -0.151 e. The van der Waals surface area contributed by atoms with E-state index in [0.717, 1.165) is 44.3 Å². The molecule has 5 aromatic rings. The molecule has 5 rings (SSSR count). The highest BCUT2D eigenvalue weighted by molar-refractivity contribution is 6.00. The summed E-state index contributed by atoms with van der Waals surface area (Å²) >= 11 is 0. The van der Waals surface area contributed by atoms with Gasteiger partial charge in [-0.25, -0.2) is 0 Å². The fourth-order valence-corrected chi connectivity index (χ4v) is 3.45. The van der Waals surface area contributed by atoms with Crippen molar-refractivity contribution >= 4 is 44.3 Å². The minimum atomic E-state index is 0.803. The molecule has 0 atom stereocenters. The van der Waals surface area contributed by atoms with Crippen LogP contribution in [0.25, 0.3) is 21.5 Å². The number of hydrogen-bond donors (Lipinski definition) is 0. The van der Waals surface area contributed by atoms with Crippen molar-refractivity contribution in [2.75, 3.05) is 0 Å². The third-order valence-electron chi connectivity index (χ3n) is 4.94. The summed E-state index contributed by atoms with van der Waals surface area (Å²) < 4.78 is 0. The molecule has 0 saturated carbocycles. The van der Waals surface area contributed by atoms with Gasteiger partial charge in [0, 0.05) is 16.2 Å². The van der Waals surface area contributed by atoms with Gasteiger partial charge in [0.05, 0.1) is 22.7 Å². The van der Waals surface area contributed by atoms with E-state index in [0.29, 0.717) is 0 Å². The fourth-order valence-electron chi connectivity index (χ4n) is 3.45. The first-order valence-corrected chi connectivity index (χ1v) is 16.0. The normalized spacial score (nSPS) is 9.72. The number of benzene rings is 5. The average molecular weight is 579 g/mol. The van der Waals surface area contributed by atoms with Gasteiger partial charge >= 0.3 is 0 Å². The van der Waals surface area contributed by atoms with Gasteiger partial charge in [0.15, 0.2) is 0 Å². The Balaban J connectivity index is 0.00000118. The molecular formula is C39H54N4. The second-order valence-corrected chi connectivity index (χ2v) is 9.00. The third kappa shape index (κ3) is 14.0. The molecule has 43 heavy (non-hydrogen) atoms.